The van der Waals surface area contributed by atoms with Crippen LogP contribution in [0.25, 0.3) is 0 Å². The average molecular weight is 367 g/mol. The molecule has 0 saturated carbocycles. The molecule has 1 atom stereocenters. The maximum absolute atomic E-state index is 13.2. The number of carbonyl (C=O) groups excluding carboxylic acids is 1. The Morgan fingerprint density at radius 2 is 2.35 bits per heavy atom. The predicted octanol–water partition coefficient (Wildman–Crippen LogP) is 3.26. The van der Waals surface area contributed by atoms with Gasteiger partial charge in [0.25, 0.3) is 0 Å². The molecule has 1 aliphatic rings. The zero-order valence-corrected chi connectivity index (χ0v) is 13.6. The second-order valence-corrected chi connectivity index (χ2v) is 6.43. The van der Waals surface area contributed by atoms with E-state index in [4.69, 9.17) is 23.2 Å². The lowest BCUT2D eigenvalue weighted by Gasteiger charge is -2.24. The molecule has 0 amide bonds. The fourth-order valence-electron chi connectivity index (χ4n) is 1.81. The summed E-state index contributed by atoms with van der Waals surface area (Å²) in [5, 5.41) is -3.78. The summed E-state index contributed by atoms with van der Waals surface area (Å²) in [7, 11) is -5.14. The molecule has 0 aliphatic heterocycles. The van der Waals surface area contributed by atoms with E-state index >= 15 is 0 Å². The molecule has 1 N–H and O–H groups in total. The van der Waals surface area contributed by atoms with Crippen molar-refractivity contribution in [3.8, 4) is 0 Å². The Kier molecular flexibility index (Phi) is 3.77. The van der Waals surface area contributed by atoms with Crippen LogP contribution >= 0.6 is 11.6 Å². The number of allylic oxidation sites excluding steroid dienone is 1. The summed E-state index contributed by atoms with van der Waals surface area (Å²) in [4.78, 5) is 12.3. The van der Waals surface area contributed by atoms with Gasteiger partial charge in [-0.2, -0.15) is 0 Å². The number of nitrogens with one attached hydrogen (secondary N) is 1. The molecule has 0 spiro atoms. The highest BCUT2D eigenvalue weighted by atomic mass is 35.5. The van der Waals surface area contributed by atoms with Gasteiger partial charge in [-0.3, -0.25) is 4.72 Å². The highest BCUT2D eigenvalue weighted by Crippen LogP contribution is 2.30. The summed E-state index contributed by atoms with van der Waals surface area (Å²) in [6, 6.07) is 2.64. The van der Waals surface area contributed by atoms with Gasteiger partial charge in [0.1, 0.15) is 11.0 Å². The van der Waals surface area contributed by atoms with E-state index in [9.17, 15) is 17.6 Å². The van der Waals surface area contributed by atoms with Crippen LogP contribution in [0, 0.1) is 5.82 Å². The standard InChI is InChI=1S/C15H17ClFNO4S/c1-2-22-15(19)11-5-3-4-6-14(11)23(20,21)18-13-8-7-10(17)9-12(13)16/h5,7-9,14,18H,2-4,6H2,1H3/i4D2,6D2,14D. The van der Waals surface area contributed by atoms with Crippen molar-refractivity contribution in [3.63, 3.8) is 0 Å². The minimum atomic E-state index is -5.14. The van der Waals surface area contributed by atoms with Crippen molar-refractivity contribution in [1.29, 1.82) is 0 Å². The molecule has 5 nitrogen and oxygen atoms in total. The van der Waals surface area contributed by atoms with Gasteiger partial charge in [-0.15, -0.1) is 0 Å². The maximum Gasteiger partial charge on any atom is 0.335 e. The summed E-state index contributed by atoms with van der Waals surface area (Å²) in [5.41, 5.74) is -1.22. The van der Waals surface area contributed by atoms with Crippen LogP contribution in [-0.2, 0) is 19.6 Å². The number of sulfonamides is 1. The zero-order valence-electron chi connectivity index (χ0n) is 17.0. The second kappa shape index (κ2) is 7.31. The van der Waals surface area contributed by atoms with Crippen molar-refractivity contribution in [1.82, 2.24) is 0 Å². The van der Waals surface area contributed by atoms with Crippen LogP contribution in [0.3, 0.4) is 0 Å². The monoisotopic (exact) mass is 366 g/mol. The Balaban J connectivity index is 2.67. The van der Waals surface area contributed by atoms with Gasteiger partial charge in [0.2, 0.25) is 10.0 Å². The summed E-state index contributed by atoms with van der Waals surface area (Å²) < 4.78 is 86.2. The van der Waals surface area contributed by atoms with Crippen molar-refractivity contribution in [3.05, 3.63) is 40.7 Å². The van der Waals surface area contributed by atoms with Gasteiger partial charge in [0.05, 0.1) is 24.3 Å². The molecule has 126 valence electrons. The van der Waals surface area contributed by atoms with Crippen LogP contribution in [0.5, 0.6) is 0 Å². The van der Waals surface area contributed by atoms with Gasteiger partial charge in [-0.1, -0.05) is 17.7 Å². The Morgan fingerprint density at radius 1 is 1.61 bits per heavy atom. The molecule has 0 heterocycles. The van der Waals surface area contributed by atoms with Crippen LogP contribution in [0.1, 0.15) is 32.9 Å². The highest BCUT2D eigenvalue weighted by molar-refractivity contribution is 7.93. The SMILES string of the molecule is [2H]C1([2H])CC=C(C(=O)OCC)C([2H])(S(=O)(=O)Nc2ccc(F)cc2Cl)C1([2H])[2H]. The van der Waals surface area contributed by atoms with E-state index in [1.165, 1.54) is 6.92 Å². The number of hydrogen-bond donors (Lipinski definition) is 1. The molecular formula is C15H17ClFNO4S. The molecule has 8 heteroatoms. The molecule has 23 heavy (non-hydrogen) atoms. The van der Waals surface area contributed by atoms with Crippen molar-refractivity contribution >= 4 is 33.3 Å². The maximum atomic E-state index is 13.2. The molecular weight excluding hydrogens is 345 g/mol. The van der Waals surface area contributed by atoms with Crippen LogP contribution < -0.4 is 4.72 Å². The smallest absolute Gasteiger partial charge is 0.335 e. The quantitative estimate of drug-likeness (QED) is 0.812. The van der Waals surface area contributed by atoms with Crippen LogP contribution in [0.4, 0.5) is 10.1 Å². The van der Waals surface area contributed by atoms with Gasteiger partial charge < -0.3 is 4.74 Å². The van der Waals surface area contributed by atoms with E-state index in [-0.39, 0.29) is 17.3 Å². The van der Waals surface area contributed by atoms with Crippen LogP contribution in [-0.4, -0.2) is 26.2 Å². The molecule has 0 saturated heterocycles. The third-order valence-corrected chi connectivity index (χ3v) is 4.46. The van der Waals surface area contributed by atoms with E-state index in [1.54, 1.807) is 0 Å². The number of halogens is 2. The number of ether oxygens (including phenoxy) is 1. The van der Waals surface area contributed by atoms with Crippen molar-refractivity contribution < 1.29 is 29.2 Å². The normalized spacial score (nSPS) is 29.0. The Labute approximate surface area is 146 Å². The summed E-state index contributed by atoms with van der Waals surface area (Å²) >= 11 is 5.79. The van der Waals surface area contributed by atoms with E-state index in [0.717, 1.165) is 24.3 Å². The van der Waals surface area contributed by atoms with Gasteiger partial charge in [-0.25, -0.2) is 17.6 Å². The summed E-state index contributed by atoms with van der Waals surface area (Å²) in [6.45, 7) is 1.27. The second-order valence-electron chi connectivity index (χ2n) is 4.40. The van der Waals surface area contributed by atoms with E-state index in [0.29, 0.717) is 0 Å². The van der Waals surface area contributed by atoms with Gasteiger partial charge in [-0.05, 0) is 44.3 Å². The van der Waals surface area contributed by atoms with Crippen LogP contribution in [0.15, 0.2) is 29.8 Å². The number of carbonyl (C=O) groups is 1. The zero-order chi connectivity index (χ0) is 21.5. The Bertz CT molecular complexity index is 940. The molecule has 1 aromatic rings. The Hall–Kier alpha value is -1.60. The summed E-state index contributed by atoms with van der Waals surface area (Å²) in [5.74, 6) is -2.02. The third-order valence-electron chi connectivity index (χ3n) is 2.79. The third kappa shape index (κ3) is 4.23. The summed E-state index contributed by atoms with van der Waals surface area (Å²) in [6.07, 6.45) is -5.93. The largest absolute Gasteiger partial charge is 0.463 e. The number of benzene rings is 1. The average Bonchev–Trinajstić information content (AvgIpc) is 2.56. The molecule has 0 fully saturated rings. The minimum absolute atomic E-state index is 0.167. The molecule has 0 bridgehead atoms. The lowest BCUT2D eigenvalue weighted by molar-refractivity contribution is -0.138. The van der Waals surface area contributed by atoms with Crippen molar-refractivity contribution in [2.45, 2.75) is 31.3 Å². The first-order chi connectivity index (χ1) is 12.7. The first kappa shape index (κ1) is 11.9. The Morgan fingerprint density at radius 3 is 3.00 bits per heavy atom. The first-order valence-electron chi connectivity index (χ1n) is 9.06. The van der Waals surface area contributed by atoms with Crippen molar-refractivity contribution in [2.75, 3.05) is 11.3 Å². The van der Waals surface area contributed by atoms with Crippen molar-refractivity contribution in [2.24, 2.45) is 0 Å². The van der Waals surface area contributed by atoms with Gasteiger partial charge >= 0.3 is 5.97 Å². The molecule has 0 radical (unpaired) electrons. The lowest BCUT2D eigenvalue weighted by atomic mass is 9.99. The lowest BCUT2D eigenvalue weighted by Crippen LogP contribution is -2.34. The molecule has 2 rings (SSSR count). The van der Waals surface area contributed by atoms with E-state index in [2.05, 4.69) is 0 Å². The predicted molar refractivity (Wildman–Crippen MR) is 86.3 cm³/mol. The molecule has 1 aliphatic carbocycles. The number of anilines is 1. The fourth-order valence-corrected chi connectivity index (χ4v) is 3.31. The number of esters is 1. The van der Waals surface area contributed by atoms with E-state index in [1.807, 2.05) is 4.72 Å². The molecule has 0 aromatic heterocycles. The topological polar surface area (TPSA) is 72.5 Å². The number of rotatable bonds is 5. The fraction of sp³-hybridized carbons (Fsp3) is 0.400. The van der Waals surface area contributed by atoms with Gasteiger partial charge in [0, 0.05) is 5.48 Å². The van der Waals surface area contributed by atoms with E-state index < -0.39 is 51.8 Å². The first-order valence-corrected chi connectivity index (χ1v) is 8.42. The minimum Gasteiger partial charge on any atom is -0.463 e. The van der Waals surface area contributed by atoms with Crippen LogP contribution in [0.2, 0.25) is 5.02 Å². The molecule has 1 aromatic carbocycles. The molecule has 1 unspecified atom stereocenters. The number of hydrogen-bond acceptors (Lipinski definition) is 4. The highest BCUT2D eigenvalue weighted by Gasteiger charge is 2.35. The van der Waals surface area contributed by atoms with Gasteiger partial charge in [0.15, 0.2) is 0 Å².